The molecule has 1 amide bonds. The van der Waals surface area contributed by atoms with Gasteiger partial charge in [-0.05, 0) is 49.9 Å². The van der Waals surface area contributed by atoms with Crippen molar-refractivity contribution in [3.63, 3.8) is 0 Å². The highest BCUT2D eigenvalue weighted by molar-refractivity contribution is 5.93. The smallest absolute Gasteiger partial charge is 0.247 e. The highest BCUT2D eigenvalue weighted by Crippen LogP contribution is 2.42. The Morgan fingerprint density at radius 2 is 1.80 bits per heavy atom. The number of amides is 1. The van der Waals surface area contributed by atoms with Crippen molar-refractivity contribution in [3.8, 4) is 0 Å². The van der Waals surface area contributed by atoms with Gasteiger partial charge in [0.05, 0.1) is 6.67 Å². The fourth-order valence-corrected chi connectivity index (χ4v) is 4.08. The molecule has 3 fully saturated rings. The summed E-state index contributed by atoms with van der Waals surface area (Å²) in [5.74, 6) is -0.119. The highest BCUT2D eigenvalue weighted by atomic mass is 19.1. The van der Waals surface area contributed by atoms with Crippen molar-refractivity contribution in [1.82, 2.24) is 10.6 Å². The zero-order valence-electron chi connectivity index (χ0n) is 11.2. The number of carbonyl (C=O) groups excluding carboxylic acids is 1. The van der Waals surface area contributed by atoms with Crippen molar-refractivity contribution in [2.24, 2.45) is 0 Å². The second-order valence-electron chi connectivity index (χ2n) is 6.15. The topological polar surface area (TPSA) is 44.4 Å². The van der Waals surface area contributed by atoms with Crippen LogP contribution in [0.15, 0.2) is 24.3 Å². The van der Waals surface area contributed by atoms with Crippen LogP contribution in [-0.2, 0) is 4.79 Å². The Morgan fingerprint density at radius 1 is 1.15 bits per heavy atom. The molecule has 1 aromatic carbocycles. The lowest BCUT2D eigenvalue weighted by Crippen LogP contribution is -2.59. The molecule has 0 saturated carbocycles. The Bertz CT molecular complexity index is 533. The van der Waals surface area contributed by atoms with E-state index < -0.39 is 5.54 Å². The van der Waals surface area contributed by atoms with E-state index in [-0.39, 0.29) is 11.7 Å². The molecule has 0 aromatic heterocycles. The van der Waals surface area contributed by atoms with Crippen LogP contribution in [0.3, 0.4) is 0 Å². The first-order valence-corrected chi connectivity index (χ1v) is 7.25. The standard InChI is InChI=1S/C15H18FN3O/c16-10-1-5-13(6-2-10)19-9-17-14(20)15(19)7-11-3-4-12(8-15)18-11/h1-2,5-6,11-12,18H,3-4,7-9H2,(H,17,20). The lowest BCUT2D eigenvalue weighted by atomic mass is 9.82. The van der Waals surface area contributed by atoms with Gasteiger partial charge in [0.25, 0.3) is 0 Å². The maximum Gasteiger partial charge on any atom is 0.247 e. The SMILES string of the molecule is O=C1NCN(c2ccc(F)cc2)C12CC1CCC(C2)N1. The monoisotopic (exact) mass is 275 g/mol. The number of hydrogen-bond donors (Lipinski definition) is 2. The van der Waals surface area contributed by atoms with Crippen molar-refractivity contribution in [2.75, 3.05) is 11.6 Å². The van der Waals surface area contributed by atoms with E-state index >= 15 is 0 Å². The number of anilines is 1. The van der Waals surface area contributed by atoms with Crippen LogP contribution in [0.25, 0.3) is 0 Å². The van der Waals surface area contributed by atoms with Gasteiger partial charge in [0.1, 0.15) is 11.4 Å². The van der Waals surface area contributed by atoms with E-state index in [4.69, 9.17) is 0 Å². The normalized spacial score (nSPS) is 35.6. The molecule has 106 valence electrons. The molecular formula is C15H18FN3O. The van der Waals surface area contributed by atoms with Crippen LogP contribution in [0.2, 0.25) is 0 Å². The molecule has 3 aliphatic heterocycles. The Labute approximate surface area is 117 Å². The molecular weight excluding hydrogens is 257 g/mol. The fourth-order valence-electron chi connectivity index (χ4n) is 4.08. The third-order valence-electron chi connectivity index (χ3n) is 4.98. The molecule has 4 rings (SSSR count). The predicted octanol–water partition coefficient (Wildman–Crippen LogP) is 1.37. The van der Waals surface area contributed by atoms with Gasteiger partial charge < -0.3 is 15.5 Å². The van der Waals surface area contributed by atoms with E-state index in [1.807, 2.05) is 0 Å². The quantitative estimate of drug-likeness (QED) is 0.813. The van der Waals surface area contributed by atoms with Crippen molar-refractivity contribution in [1.29, 1.82) is 0 Å². The summed E-state index contributed by atoms with van der Waals surface area (Å²) >= 11 is 0. The Balaban J connectivity index is 1.72. The number of halogens is 1. The summed E-state index contributed by atoms with van der Waals surface area (Å²) in [5.41, 5.74) is 0.473. The van der Waals surface area contributed by atoms with Gasteiger partial charge >= 0.3 is 0 Å². The molecule has 3 heterocycles. The first-order valence-electron chi connectivity index (χ1n) is 7.25. The number of fused-ring (bicyclic) bond motifs is 2. The van der Waals surface area contributed by atoms with Crippen LogP contribution in [-0.4, -0.2) is 30.2 Å². The van der Waals surface area contributed by atoms with Crippen LogP contribution < -0.4 is 15.5 Å². The molecule has 0 aliphatic carbocycles. The lowest BCUT2D eigenvalue weighted by molar-refractivity contribution is -0.124. The maximum absolute atomic E-state index is 13.1. The van der Waals surface area contributed by atoms with Crippen LogP contribution >= 0.6 is 0 Å². The van der Waals surface area contributed by atoms with Gasteiger partial charge in [-0.25, -0.2) is 4.39 Å². The van der Waals surface area contributed by atoms with Gasteiger partial charge in [0, 0.05) is 17.8 Å². The summed E-state index contributed by atoms with van der Waals surface area (Å²) in [6.45, 7) is 0.518. The zero-order valence-corrected chi connectivity index (χ0v) is 11.2. The molecule has 3 saturated heterocycles. The van der Waals surface area contributed by atoms with Gasteiger partial charge in [-0.15, -0.1) is 0 Å². The molecule has 20 heavy (non-hydrogen) atoms. The summed E-state index contributed by atoms with van der Waals surface area (Å²) in [7, 11) is 0. The van der Waals surface area contributed by atoms with Gasteiger partial charge in [-0.2, -0.15) is 0 Å². The predicted molar refractivity (Wildman–Crippen MR) is 73.8 cm³/mol. The number of piperidine rings is 1. The average Bonchev–Trinajstić information content (AvgIpc) is 2.93. The minimum absolute atomic E-state index is 0.125. The second kappa shape index (κ2) is 4.19. The van der Waals surface area contributed by atoms with Gasteiger partial charge in [0.2, 0.25) is 5.91 Å². The van der Waals surface area contributed by atoms with Gasteiger partial charge in [-0.1, -0.05) is 0 Å². The average molecular weight is 275 g/mol. The molecule has 4 nitrogen and oxygen atoms in total. The van der Waals surface area contributed by atoms with Crippen molar-refractivity contribution >= 4 is 11.6 Å². The highest BCUT2D eigenvalue weighted by Gasteiger charge is 2.55. The molecule has 2 unspecified atom stereocenters. The molecule has 1 aromatic rings. The Kier molecular flexibility index (Phi) is 2.54. The van der Waals surface area contributed by atoms with Crippen molar-refractivity contribution in [2.45, 2.75) is 43.3 Å². The summed E-state index contributed by atoms with van der Waals surface area (Å²) in [6, 6.07) is 7.31. The molecule has 2 atom stereocenters. The van der Waals surface area contributed by atoms with Gasteiger partial charge in [-0.3, -0.25) is 4.79 Å². The molecule has 0 radical (unpaired) electrons. The third kappa shape index (κ3) is 1.66. The van der Waals surface area contributed by atoms with Crippen LogP contribution in [0.1, 0.15) is 25.7 Å². The first-order chi connectivity index (χ1) is 9.67. The minimum Gasteiger partial charge on any atom is -0.339 e. The summed E-state index contributed by atoms with van der Waals surface area (Å²) in [5, 5.41) is 6.55. The molecule has 3 aliphatic rings. The molecule has 2 bridgehead atoms. The fraction of sp³-hybridized carbons (Fsp3) is 0.533. The van der Waals surface area contributed by atoms with E-state index in [9.17, 15) is 9.18 Å². The number of carbonyl (C=O) groups is 1. The van der Waals surface area contributed by atoms with Crippen LogP contribution in [0.5, 0.6) is 0 Å². The molecule has 1 spiro atoms. The van der Waals surface area contributed by atoms with E-state index in [0.29, 0.717) is 18.8 Å². The van der Waals surface area contributed by atoms with E-state index in [0.717, 1.165) is 31.4 Å². The molecule has 2 N–H and O–H groups in total. The van der Waals surface area contributed by atoms with Gasteiger partial charge in [0.15, 0.2) is 0 Å². The summed E-state index contributed by atoms with van der Waals surface area (Å²) < 4.78 is 13.1. The van der Waals surface area contributed by atoms with E-state index in [1.165, 1.54) is 12.1 Å². The van der Waals surface area contributed by atoms with Crippen LogP contribution in [0, 0.1) is 5.82 Å². The second-order valence-corrected chi connectivity index (χ2v) is 6.15. The number of benzene rings is 1. The lowest BCUT2D eigenvalue weighted by Gasteiger charge is -2.43. The first kappa shape index (κ1) is 12.1. The number of rotatable bonds is 1. The summed E-state index contributed by atoms with van der Waals surface area (Å²) in [6.07, 6.45) is 3.98. The van der Waals surface area contributed by atoms with E-state index in [2.05, 4.69) is 15.5 Å². The van der Waals surface area contributed by atoms with E-state index in [1.54, 1.807) is 12.1 Å². The zero-order chi connectivity index (χ0) is 13.7. The van der Waals surface area contributed by atoms with Crippen LogP contribution in [0.4, 0.5) is 10.1 Å². The van der Waals surface area contributed by atoms with Crippen molar-refractivity contribution < 1.29 is 9.18 Å². The third-order valence-corrected chi connectivity index (χ3v) is 4.98. The number of nitrogens with one attached hydrogen (secondary N) is 2. The summed E-state index contributed by atoms with van der Waals surface area (Å²) in [4.78, 5) is 14.6. The number of hydrogen-bond acceptors (Lipinski definition) is 3. The Morgan fingerprint density at radius 3 is 2.45 bits per heavy atom. The van der Waals surface area contributed by atoms with Crippen molar-refractivity contribution in [3.05, 3.63) is 30.1 Å². The number of nitrogens with zero attached hydrogens (tertiary/aromatic N) is 1. The minimum atomic E-state index is -0.449. The Hall–Kier alpha value is -1.62. The maximum atomic E-state index is 13.1. The largest absolute Gasteiger partial charge is 0.339 e. The molecule has 5 heteroatoms.